The molecule has 1 unspecified atom stereocenters. The van der Waals surface area contributed by atoms with Gasteiger partial charge in [-0.25, -0.2) is 4.98 Å². The molecule has 1 aliphatic heterocycles. The highest BCUT2D eigenvalue weighted by atomic mass is 32.2. The van der Waals surface area contributed by atoms with Gasteiger partial charge in [0.25, 0.3) is 5.56 Å². The van der Waals surface area contributed by atoms with Gasteiger partial charge in [-0.3, -0.25) is 14.2 Å². The number of para-hydroxylation sites is 1. The van der Waals surface area contributed by atoms with Crippen LogP contribution in [0.4, 0.5) is 5.69 Å². The third kappa shape index (κ3) is 3.70. The second kappa shape index (κ2) is 6.91. The largest absolute Gasteiger partial charge is 0.325 e. The van der Waals surface area contributed by atoms with Gasteiger partial charge in [0.05, 0.1) is 11.6 Å². The first-order chi connectivity index (χ1) is 12.2. The van der Waals surface area contributed by atoms with Crippen LogP contribution in [0.15, 0.2) is 34.2 Å². The number of aromatic nitrogens is 2. The third-order valence-electron chi connectivity index (χ3n) is 4.66. The van der Waals surface area contributed by atoms with Gasteiger partial charge in [0, 0.05) is 29.5 Å². The number of hydrogen-bond donors (Lipinski definition) is 1. The maximum atomic E-state index is 12.8. The van der Waals surface area contributed by atoms with Gasteiger partial charge in [0.1, 0.15) is 0 Å². The summed E-state index contributed by atoms with van der Waals surface area (Å²) in [5, 5.41) is 3.75. The fraction of sp³-hybridized carbons (Fsp3) is 0.450. The van der Waals surface area contributed by atoms with Crippen molar-refractivity contribution < 1.29 is 4.79 Å². The van der Waals surface area contributed by atoms with E-state index in [0.717, 1.165) is 22.5 Å². The van der Waals surface area contributed by atoms with E-state index >= 15 is 0 Å². The molecule has 26 heavy (non-hydrogen) atoms. The molecule has 0 aliphatic carbocycles. The molecule has 2 heterocycles. The highest BCUT2D eigenvalue weighted by Gasteiger charge is 2.29. The fourth-order valence-corrected chi connectivity index (χ4v) is 4.08. The number of benzene rings is 1. The summed E-state index contributed by atoms with van der Waals surface area (Å²) in [4.78, 5) is 29.9. The fourth-order valence-electron chi connectivity index (χ4n) is 2.99. The van der Waals surface area contributed by atoms with E-state index in [0.29, 0.717) is 17.5 Å². The summed E-state index contributed by atoms with van der Waals surface area (Å²) in [7, 11) is 0. The lowest BCUT2D eigenvalue weighted by Crippen LogP contribution is -2.38. The molecule has 1 atom stereocenters. The van der Waals surface area contributed by atoms with E-state index < -0.39 is 0 Å². The van der Waals surface area contributed by atoms with Crippen LogP contribution >= 0.6 is 11.8 Å². The van der Waals surface area contributed by atoms with Crippen LogP contribution in [0.3, 0.4) is 0 Å². The maximum Gasteiger partial charge on any atom is 0.254 e. The minimum absolute atomic E-state index is 0.0488. The van der Waals surface area contributed by atoms with E-state index in [2.05, 4.69) is 10.3 Å². The lowest BCUT2D eigenvalue weighted by molar-refractivity contribution is -0.119. The number of nitrogens with zero attached hydrogens (tertiary/aromatic N) is 2. The predicted octanol–water partition coefficient (Wildman–Crippen LogP) is 3.52. The molecule has 1 aromatic carbocycles. The van der Waals surface area contributed by atoms with Gasteiger partial charge < -0.3 is 5.32 Å². The van der Waals surface area contributed by atoms with Crippen molar-refractivity contribution in [1.82, 2.24) is 9.55 Å². The zero-order valence-electron chi connectivity index (χ0n) is 15.9. The number of anilines is 1. The number of carbonyl (C=O) groups is 1. The number of fused-ring (bicyclic) bond motifs is 1. The van der Waals surface area contributed by atoms with E-state index in [-0.39, 0.29) is 22.8 Å². The molecule has 1 aromatic heterocycles. The number of hydrogen-bond acceptors (Lipinski definition) is 4. The summed E-state index contributed by atoms with van der Waals surface area (Å²) >= 11 is 1.48. The van der Waals surface area contributed by atoms with Crippen LogP contribution in [0, 0.1) is 19.8 Å². The Morgan fingerprint density at radius 2 is 1.92 bits per heavy atom. The van der Waals surface area contributed by atoms with Gasteiger partial charge in [-0.1, -0.05) is 50.7 Å². The molecule has 0 spiro atoms. The number of nitrogens with one attached hydrogen (secondary N) is 1. The highest BCUT2D eigenvalue weighted by Crippen LogP contribution is 2.29. The molecule has 6 heteroatoms. The summed E-state index contributed by atoms with van der Waals surface area (Å²) in [6, 6.07) is 7.53. The molecule has 0 radical (unpaired) electrons. The van der Waals surface area contributed by atoms with Gasteiger partial charge in [0.15, 0.2) is 5.16 Å². The van der Waals surface area contributed by atoms with E-state index in [1.807, 2.05) is 52.8 Å². The van der Waals surface area contributed by atoms with E-state index in [1.165, 1.54) is 11.8 Å². The second-order valence-electron chi connectivity index (χ2n) is 7.89. The number of aryl methyl sites for hydroxylation is 2. The SMILES string of the molecule is Cc1cccc(C)c1NC(=O)C1CSc2nc(C(C)(C)C)cc(=O)n2C1. The van der Waals surface area contributed by atoms with Crippen molar-refractivity contribution in [1.29, 1.82) is 0 Å². The smallest absolute Gasteiger partial charge is 0.254 e. The van der Waals surface area contributed by atoms with Crippen molar-refractivity contribution in [2.75, 3.05) is 11.1 Å². The lowest BCUT2D eigenvalue weighted by atomic mass is 9.92. The van der Waals surface area contributed by atoms with Crippen LogP contribution in [-0.2, 0) is 16.8 Å². The summed E-state index contributed by atoms with van der Waals surface area (Å²) in [6.45, 7) is 10.5. The lowest BCUT2D eigenvalue weighted by Gasteiger charge is -2.27. The monoisotopic (exact) mass is 371 g/mol. The number of thioether (sulfide) groups is 1. The first-order valence-electron chi connectivity index (χ1n) is 8.79. The van der Waals surface area contributed by atoms with Crippen molar-refractivity contribution in [3.05, 3.63) is 51.4 Å². The summed E-state index contributed by atoms with van der Waals surface area (Å²) in [5.41, 5.74) is 3.47. The van der Waals surface area contributed by atoms with Crippen LogP contribution in [0.25, 0.3) is 0 Å². The Morgan fingerprint density at radius 3 is 2.54 bits per heavy atom. The van der Waals surface area contributed by atoms with E-state index in [1.54, 1.807) is 10.6 Å². The molecule has 138 valence electrons. The standard InChI is InChI=1S/C20H25N3O2S/c1-12-7-6-8-13(2)17(12)22-18(25)14-10-23-16(24)9-15(20(3,4)5)21-19(23)26-11-14/h6-9,14H,10-11H2,1-5H3,(H,22,25). The summed E-state index contributed by atoms with van der Waals surface area (Å²) in [5.74, 6) is 0.315. The van der Waals surface area contributed by atoms with Gasteiger partial charge in [-0.15, -0.1) is 0 Å². The van der Waals surface area contributed by atoms with Crippen molar-refractivity contribution in [2.24, 2.45) is 5.92 Å². The number of carbonyl (C=O) groups excluding carboxylic acids is 1. The molecule has 0 saturated heterocycles. The average Bonchev–Trinajstić information content (AvgIpc) is 2.57. The Balaban J connectivity index is 1.82. The van der Waals surface area contributed by atoms with Gasteiger partial charge in [0.2, 0.25) is 5.91 Å². The first kappa shape index (κ1) is 18.7. The van der Waals surface area contributed by atoms with Crippen LogP contribution < -0.4 is 10.9 Å². The molecule has 1 aliphatic rings. The highest BCUT2D eigenvalue weighted by molar-refractivity contribution is 7.99. The van der Waals surface area contributed by atoms with Crippen molar-refractivity contribution in [3.63, 3.8) is 0 Å². The quantitative estimate of drug-likeness (QED) is 0.821. The predicted molar refractivity (Wildman–Crippen MR) is 106 cm³/mol. The summed E-state index contributed by atoms with van der Waals surface area (Å²) < 4.78 is 1.62. The zero-order valence-corrected chi connectivity index (χ0v) is 16.7. The normalized spacial score (nSPS) is 16.9. The Kier molecular flexibility index (Phi) is 4.97. The van der Waals surface area contributed by atoms with E-state index in [4.69, 9.17) is 0 Å². The molecule has 0 saturated carbocycles. The molecule has 0 fully saturated rings. The van der Waals surface area contributed by atoms with Crippen molar-refractivity contribution in [2.45, 2.75) is 51.7 Å². The van der Waals surface area contributed by atoms with Crippen LogP contribution in [0.1, 0.15) is 37.6 Å². The van der Waals surface area contributed by atoms with Crippen molar-refractivity contribution >= 4 is 23.4 Å². The minimum Gasteiger partial charge on any atom is -0.325 e. The molecular formula is C20H25N3O2S. The number of rotatable bonds is 2. The topological polar surface area (TPSA) is 64.0 Å². The van der Waals surface area contributed by atoms with Gasteiger partial charge >= 0.3 is 0 Å². The van der Waals surface area contributed by atoms with Crippen LogP contribution in [0.5, 0.6) is 0 Å². The Bertz CT molecular complexity index is 892. The third-order valence-corrected chi connectivity index (χ3v) is 5.80. The zero-order chi connectivity index (χ0) is 19.1. The molecule has 2 aromatic rings. The van der Waals surface area contributed by atoms with Crippen molar-refractivity contribution in [3.8, 4) is 0 Å². The number of amides is 1. The van der Waals surface area contributed by atoms with Crippen LogP contribution in [-0.4, -0.2) is 21.2 Å². The van der Waals surface area contributed by atoms with Gasteiger partial charge in [-0.2, -0.15) is 0 Å². The molecular weight excluding hydrogens is 346 g/mol. The molecule has 1 amide bonds. The minimum atomic E-state index is -0.258. The molecule has 5 nitrogen and oxygen atoms in total. The second-order valence-corrected chi connectivity index (χ2v) is 8.87. The molecule has 3 rings (SSSR count). The Morgan fingerprint density at radius 1 is 1.27 bits per heavy atom. The van der Waals surface area contributed by atoms with E-state index in [9.17, 15) is 9.59 Å². The first-order valence-corrected chi connectivity index (χ1v) is 9.77. The maximum absolute atomic E-state index is 12.8. The van der Waals surface area contributed by atoms with Gasteiger partial charge in [-0.05, 0) is 25.0 Å². The summed E-state index contributed by atoms with van der Waals surface area (Å²) in [6.07, 6.45) is 0. The molecule has 1 N–H and O–H groups in total. The Labute approximate surface area is 158 Å². The average molecular weight is 372 g/mol. The van der Waals surface area contributed by atoms with Crippen LogP contribution in [0.2, 0.25) is 0 Å². The molecule has 0 bridgehead atoms. The Hall–Kier alpha value is -2.08.